The number of carbonyl (C=O) groups excluding carboxylic acids is 2. The minimum absolute atomic E-state index is 0.0912. The second-order valence-corrected chi connectivity index (χ2v) is 25.2. The van der Waals surface area contributed by atoms with Crippen molar-refractivity contribution in [2.45, 2.75) is 171 Å². The molecular weight excluding hydrogens is 1110 g/mol. The predicted octanol–water partition coefficient (Wildman–Crippen LogP) is 5.88. The fourth-order valence-electron chi connectivity index (χ4n) is 9.27. The van der Waals surface area contributed by atoms with Gasteiger partial charge in [0.25, 0.3) is 0 Å². The monoisotopic (exact) mass is 1220 g/mol. The van der Waals surface area contributed by atoms with Crippen molar-refractivity contribution in [1.82, 2.24) is 10.6 Å². The van der Waals surface area contributed by atoms with Crippen LogP contribution in [0.4, 0.5) is 0 Å². The number of carboxylic acid groups (broad SMARTS) is 2. The number of hydrogen-bond acceptors (Lipinski definition) is 18. The van der Waals surface area contributed by atoms with E-state index in [1.807, 2.05) is 64.1 Å². The summed E-state index contributed by atoms with van der Waals surface area (Å²) in [7, 11) is 6.60. The molecule has 86 heavy (non-hydrogen) atoms. The maximum absolute atomic E-state index is 11.6. The normalized spacial score (nSPS) is 15.5. The van der Waals surface area contributed by atoms with Gasteiger partial charge in [-0.1, -0.05) is 67.5 Å². The third-order valence-electron chi connectivity index (χ3n) is 15.7. The van der Waals surface area contributed by atoms with E-state index < -0.39 is 71.3 Å². The molecule has 0 saturated heterocycles. The molecule has 0 heterocycles. The van der Waals surface area contributed by atoms with Crippen molar-refractivity contribution >= 4 is 23.8 Å². The van der Waals surface area contributed by atoms with Crippen LogP contribution in [0.5, 0.6) is 23.0 Å². The molecule has 0 spiro atoms. The Morgan fingerprint density at radius 2 is 0.837 bits per heavy atom. The Morgan fingerprint density at radius 3 is 1.09 bits per heavy atom. The minimum atomic E-state index is -1.26. The van der Waals surface area contributed by atoms with Crippen LogP contribution in [0.3, 0.4) is 0 Å². The lowest BCUT2D eigenvalue weighted by Gasteiger charge is -2.34. The van der Waals surface area contributed by atoms with E-state index in [0.29, 0.717) is 99.1 Å². The molecule has 16 N–H and O–H groups in total. The Hall–Kier alpha value is -5.14. The van der Waals surface area contributed by atoms with Crippen LogP contribution in [0.1, 0.15) is 133 Å². The highest BCUT2D eigenvalue weighted by Crippen LogP contribution is 2.34. The number of carbonyl (C=O) groups is 4. The summed E-state index contributed by atoms with van der Waals surface area (Å²) in [6.45, 7) is 26.4. The molecule has 0 saturated carbocycles. The van der Waals surface area contributed by atoms with E-state index in [0.717, 1.165) is 36.8 Å². The highest BCUT2D eigenvalue weighted by atomic mass is 16.5. The molecule has 10 atom stereocenters. The maximum atomic E-state index is 11.6. The van der Waals surface area contributed by atoms with Gasteiger partial charge in [-0.15, -0.1) is 0 Å². The molecule has 22 heteroatoms. The summed E-state index contributed by atoms with van der Waals surface area (Å²) in [6, 6.07) is 11.1. The molecule has 0 aromatic heterocycles. The van der Waals surface area contributed by atoms with Crippen molar-refractivity contribution in [2.75, 3.05) is 68.0 Å². The number of rotatable bonds is 42. The molecule has 22 nitrogen and oxygen atoms in total. The highest BCUT2D eigenvalue weighted by Gasteiger charge is 2.34. The van der Waals surface area contributed by atoms with Gasteiger partial charge >= 0.3 is 11.9 Å². The van der Waals surface area contributed by atoms with Crippen LogP contribution in [-0.4, -0.2) is 159 Å². The average molecular weight is 1220 g/mol. The smallest absolute Gasteiger partial charge is 0.328 e. The summed E-state index contributed by atoms with van der Waals surface area (Å²) in [6.07, 6.45) is 2.87. The van der Waals surface area contributed by atoms with Crippen LogP contribution in [0.15, 0.2) is 48.6 Å². The summed E-state index contributed by atoms with van der Waals surface area (Å²) in [5, 5.41) is 65.5. The molecule has 0 fully saturated rings. The fraction of sp³-hybridized carbons (Fsp3) is 0.719. The summed E-state index contributed by atoms with van der Waals surface area (Å²) in [5.41, 5.74) is 24.7. The number of primary amides is 2. The number of amides is 2. The number of aliphatic hydroxyl groups is 4. The second kappa shape index (κ2) is 41.9. The van der Waals surface area contributed by atoms with Crippen molar-refractivity contribution < 1.29 is 78.2 Å². The van der Waals surface area contributed by atoms with Gasteiger partial charge in [0.2, 0.25) is 11.8 Å². The first-order valence-corrected chi connectivity index (χ1v) is 30.1. The molecule has 2 rings (SSSR count). The van der Waals surface area contributed by atoms with Crippen molar-refractivity contribution in [2.24, 2.45) is 81.1 Å². The van der Waals surface area contributed by atoms with Crippen LogP contribution in [0.25, 0.3) is 0 Å². The van der Waals surface area contributed by atoms with E-state index >= 15 is 0 Å². The van der Waals surface area contributed by atoms with Crippen LogP contribution in [0.2, 0.25) is 0 Å². The van der Waals surface area contributed by atoms with Crippen molar-refractivity contribution in [3.05, 3.63) is 59.7 Å². The second-order valence-electron chi connectivity index (χ2n) is 25.2. The Balaban J connectivity index is 0.00000149. The lowest BCUT2D eigenvalue weighted by atomic mass is 9.80. The molecule has 0 aliphatic carbocycles. The fourth-order valence-corrected chi connectivity index (χ4v) is 9.27. The van der Waals surface area contributed by atoms with Gasteiger partial charge in [-0.05, 0) is 137 Å². The van der Waals surface area contributed by atoms with Crippen LogP contribution < -0.4 is 52.5 Å². The van der Waals surface area contributed by atoms with Crippen LogP contribution in [-0.2, 0) is 41.5 Å². The summed E-state index contributed by atoms with van der Waals surface area (Å²) in [4.78, 5) is 42.4. The molecule has 2 aromatic carbocycles. The molecule has 0 aliphatic heterocycles. The predicted molar refractivity (Wildman–Crippen MR) is 335 cm³/mol. The third kappa shape index (κ3) is 32.2. The van der Waals surface area contributed by atoms with Crippen molar-refractivity contribution in [3.63, 3.8) is 0 Å². The molecule has 0 radical (unpaired) electrons. The van der Waals surface area contributed by atoms with Gasteiger partial charge in [0, 0.05) is 89.4 Å². The third-order valence-corrected chi connectivity index (χ3v) is 15.7. The van der Waals surface area contributed by atoms with Gasteiger partial charge in [0.15, 0.2) is 23.0 Å². The SMILES string of the molecule is COCCCOc1cc(C[C@@H](C[C@H](N)C(O)C[C@@H](C(C)C)[C@H](O)NCC(C)(C)C(N)=O)C(C)C)ccc1OC.COCCCOc1cc(C[C@@H](C[C@H](N)C(O)C[C@@H](C(C)C)[C@H](O)NCC(C)(C)C(N)=O)C(C)C)ccc1OC.O=C(O)/C=C/C(=O)O. The number of carboxylic acids is 2. The average Bonchev–Trinajstić information content (AvgIpc) is 2.66. The Kier molecular flexibility index (Phi) is 39.4. The van der Waals surface area contributed by atoms with E-state index in [2.05, 4.69) is 38.3 Å². The molecule has 0 aliphatic rings. The number of benzene rings is 2. The standard InChI is InChI=1S/2C30H55N3O6.C4H4O4/c2*1-19(2)22(14-21-10-11-26(38-8)27(15-21)39-13-9-12-37-7)16-24(31)25(34)17-23(20(3)4)28(35)33-18-30(5,6)29(32)36;5-3(6)1-2-4(7)8/h2*10-11,15,19-20,22-25,28,33-35H,9,12-14,16-18,31H2,1-8H3,(H2,32,36);1-2H,(H,5,6)(H,7,8)/b;;2-1+/t2*22-,23-,24-,25?,28-;/m00./s1. The Bertz CT molecular complexity index is 2110. The topological polar surface area (TPSA) is 373 Å². The van der Waals surface area contributed by atoms with Gasteiger partial charge in [0.1, 0.15) is 12.5 Å². The molecular formula is C64H114N6O16. The van der Waals surface area contributed by atoms with E-state index in [9.17, 15) is 39.6 Å². The van der Waals surface area contributed by atoms with Gasteiger partial charge in [-0.3, -0.25) is 20.2 Å². The summed E-state index contributed by atoms with van der Waals surface area (Å²) < 4.78 is 33.0. The summed E-state index contributed by atoms with van der Waals surface area (Å²) in [5.74, 6) is 0.269. The van der Waals surface area contributed by atoms with Crippen molar-refractivity contribution in [1.29, 1.82) is 0 Å². The molecule has 2 unspecified atom stereocenters. The van der Waals surface area contributed by atoms with Crippen LogP contribution >= 0.6 is 0 Å². The zero-order valence-corrected chi connectivity index (χ0v) is 54.7. The Labute approximate surface area is 513 Å². The van der Waals surface area contributed by atoms with Crippen molar-refractivity contribution in [3.8, 4) is 23.0 Å². The first-order chi connectivity index (χ1) is 40.1. The van der Waals surface area contributed by atoms with E-state index in [1.165, 1.54) is 0 Å². The number of hydrogen-bond donors (Lipinski definition) is 12. The lowest BCUT2D eigenvalue weighted by Crippen LogP contribution is -2.49. The number of aliphatic carboxylic acids is 2. The molecule has 2 amide bonds. The largest absolute Gasteiger partial charge is 0.493 e. The molecule has 496 valence electrons. The quantitative estimate of drug-likeness (QED) is 0.0210. The van der Waals surface area contributed by atoms with E-state index in [-0.39, 0.29) is 48.6 Å². The van der Waals surface area contributed by atoms with E-state index in [4.69, 9.17) is 61.6 Å². The Morgan fingerprint density at radius 1 is 0.512 bits per heavy atom. The number of aliphatic hydroxyl groups excluding tert-OH is 4. The lowest BCUT2D eigenvalue weighted by molar-refractivity contribution is -0.134. The zero-order chi connectivity index (χ0) is 66.1. The van der Waals surface area contributed by atoms with Crippen LogP contribution in [0, 0.1) is 58.2 Å². The first-order valence-electron chi connectivity index (χ1n) is 30.1. The zero-order valence-electron chi connectivity index (χ0n) is 54.7. The first kappa shape index (κ1) is 80.9. The van der Waals surface area contributed by atoms with Gasteiger partial charge in [-0.25, -0.2) is 9.59 Å². The molecule has 0 bridgehead atoms. The highest BCUT2D eigenvalue weighted by molar-refractivity contribution is 5.89. The van der Waals surface area contributed by atoms with Gasteiger partial charge in [-0.2, -0.15) is 0 Å². The molecule has 2 aromatic rings. The number of nitrogens with one attached hydrogen (secondary N) is 2. The number of methoxy groups -OCH3 is 4. The minimum Gasteiger partial charge on any atom is -0.493 e. The van der Waals surface area contributed by atoms with E-state index in [1.54, 1.807) is 56.1 Å². The number of nitrogens with two attached hydrogens (primary N) is 4. The maximum Gasteiger partial charge on any atom is 0.328 e. The summed E-state index contributed by atoms with van der Waals surface area (Å²) >= 11 is 0. The van der Waals surface area contributed by atoms with Gasteiger partial charge < -0.3 is 82.0 Å². The van der Waals surface area contributed by atoms with Gasteiger partial charge in [0.05, 0.1) is 50.5 Å². The number of ether oxygens (including phenoxy) is 6.